The molecule has 4 N–H and O–H groups in total. The molecule has 230 valence electrons. The summed E-state index contributed by atoms with van der Waals surface area (Å²) in [6.07, 6.45) is 11.6. The summed E-state index contributed by atoms with van der Waals surface area (Å²) in [6, 6.07) is 23.4. The molecule has 3 aromatic carbocycles. The van der Waals surface area contributed by atoms with Gasteiger partial charge in [0.2, 0.25) is 5.91 Å². The number of hydroxylamine groups is 1. The zero-order valence-electron chi connectivity index (χ0n) is 25.3. The van der Waals surface area contributed by atoms with E-state index in [1.165, 1.54) is 22.2 Å². The largest absolute Gasteiger partial charge is 0.457 e. The number of hydrogen-bond acceptors (Lipinski definition) is 5. The van der Waals surface area contributed by atoms with Gasteiger partial charge in [0.15, 0.2) is 0 Å². The Labute approximate surface area is 262 Å². The molecule has 0 radical (unpaired) electrons. The van der Waals surface area contributed by atoms with Gasteiger partial charge in [0, 0.05) is 54.9 Å². The lowest BCUT2D eigenvalue weighted by atomic mass is 9.87. The van der Waals surface area contributed by atoms with Crippen molar-refractivity contribution in [3.05, 3.63) is 123 Å². The van der Waals surface area contributed by atoms with E-state index in [0.29, 0.717) is 37.1 Å². The van der Waals surface area contributed by atoms with E-state index < -0.39 is 11.8 Å². The standard InChI is InChI=1S/C37H38N4O4/c1-25-10-16-29-28(23-39-32(29)22-25)18-20-41(24-27-13-11-26(12-14-27)15-17-35(42)40-44)21-19-38-37(43)36-30-6-2-4-8-33(30)45-34-9-5-3-7-31(34)36/h2-9,11-17,22-23,25,36,39,44H,10,18-21,24H2,1H3,(H,38,43)(H,40,42)/b17-15+. The first kappa shape index (κ1) is 30.1. The Balaban J connectivity index is 1.16. The fourth-order valence-electron chi connectivity index (χ4n) is 6.12. The first-order valence-corrected chi connectivity index (χ1v) is 15.4. The first-order chi connectivity index (χ1) is 22.0. The van der Waals surface area contributed by atoms with Crippen LogP contribution in [-0.4, -0.2) is 46.5 Å². The van der Waals surface area contributed by atoms with E-state index in [1.54, 1.807) is 11.6 Å². The number of hydrogen-bond donors (Lipinski definition) is 4. The van der Waals surface area contributed by atoms with Crippen LogP contribution in [-0.2, 0) is 22.6 Å². The second kappa shape index (κ2) is 13.8. The first-order valence-electron chi connectivity index (χ1n) is 15.4. The van der Waals surface area contributed by atoms with Crippen LogP contribution in [0.1, 0.15) is 47.1 Å². The number of carbonyl (C=O) groups excluding carboxylic acids is 2. The molecule has 8 heteroatoms. The summed E-state index contributed by atoms with van der Waals surface area (Å²) in [5.41, 5.74) is 6.64. The maximum absolute atomic E-state index is 13.7. The fraction of sp³-hybridized carbons (Fsp3) is 0.243. The van der Waals surface area contributed by atoms with Gasteiger partial charge in [0.05, 0.1) is 5.92 Å². The lowest BCUT2D eigenvalue weighted by molar-refractivity contribution is -0.124. The molecule has 0 saturated carbocycles. The summed E-state index contributed by atoms with van der Waals surface area (Å²) in [5, 5.41) is 14.5. The zero-order valence-corrected chi connectivity index (χ0v) is 25.3. The average Bonchev–Trinajstić information content (AvgIpc) is 3.47. The van der Waals surface area contributed by atoms with E-state index >= 15 is 0 Å². The highest BCUT2D eigenvalue weighted by atomic mass is 16.5. The third kappa shape index (κ3) is 7.09. The van der Waals surface area contributed by atoms with E-state index in [2.05, 4.69) is 40.5 Å². The summed E-state index contributed by atoms with van der Waals surface area (Å²) >= 11 is 0. The quantitative estimate of drug-likeness (QED) is 0.117. The number of benzene rings is 3. The highest BCUT2D eigenvalue weighted by Crippen LogP contribution is 2.43. The Morgan fingerprint density at radius 2 is 1.71 bits per heavy atom. The minimum absolute atomic E-state index is 0.0415. The van der Waals surface area contributed by atoms with E-state index in [1.807, 2.05) is 72.8 Å². The van der Waals surface area contributed by atoms with Crippen molar-refractivity contribution in [2.45, 2.75) is 32.2 Å². The Morgan fingerprint density at radius 3 is 2.42 bits per heavy atom. The molecular weight excluding hydrogens is 564 g/mol. The summed E-state index contributed by atoms with van der Waals surface area (Å²) < 4.78 is 6.09. The fourth-order valence-corrected chi connectivity index (χ4v) is 6.12. The summed E-state index contributed by atoms with van der Waals surface area (Å²) in [5.74, 6) is 0.915. The van der Waals surface area contributed by atoms with Crippen LogP contribution in [0, 0.1) is 5.92 Å². The molecule has 0 saturated heterocycles. The molecule has 0 bridgehead atoms. The Hall–Kier alpha value is -4.92. The summed E-state index contributed by atoms with van der Waals surface area (Å²) in [6.45, 7) is 4.94. The molecule has 2 heterocycles. The second-order valence-electron chi connectivity index (χ2n) is 11.7. The number of para-hydroxylation sites is 2. The number of H-pyrrole nitrogens is 1. The van der Waals surface area contributed by atoms with Crippen molar-refractivity contribution in [1.82, 2.24) is 20.7 Å². The molecule has 4 aromatic rings. The van der Waals surface area contributed by atoms with Crippen LogP contribution in [0.3, 0.4) is 0 Å². The van der Waals surface area contributed by atoms with Crippen LogP contribution in [0.5, 0.6) is 11.5 Å². The molecule has 1 aliphatic heterocycles. The van der Waals surface area contributed by atoms with Gasteiger partial charge in [-0.25, -0.2) is 5.48 Å². The van der Waals surface area contributed by atoms with Crippen LogP contribution >= 0.6 is 0 Å². The van der Waals surface area contributed by atoms with Crippen LogP contribution < -0.4 is 26.1 Å². The van der Waals surface area contributed by atoms with Crippen molar-refractivity contribution >= 4 is 30.0 Å². The van der Waals surface area contributed by atoms with Gasteiger partial charge in [0.25, 0.3) is 5.91 Å². The van der Waals surface area contributed by atoms with Crippen molar-refractivity contribution < 1.29 is 19.5 Å². The predicted octanol–water partition coefficient (Wildman–Crippen LogP) is 4.23. The normalized spacial score (nSPS) is 15.3. The second-order valence-corrected chi connectivity index (χ2v) is 11.7. The van der Waals surface area contributed by atoms with E-state index in [0.717, 1.165) is 41.6 Å². The number of nitrogens with one attached hydrogen (secondary N) is 3. The van der Waals surface area contributed by atoms with Gasteiger partial charge in [-0.05, 0) is 58.9 Å². The highest BCUT2D eigenvalue weighted by Gasteiger charge is 2.32. The maximum Gasteiger partial charge on any atom is 0.267 e. The van der Waals surface area contributed by atoms with Crippen LogP contribution in [0.15, 0.2) is 85.1 Å². The number of ether oxygens (including phenoxy) is 1. The third-order valence-electron chi connectivity index (χ3n) is 8.47. The smallest absolute Gasteiger partial charge is 0.267 e. The molecule has 1 unspecified atom stereocenters. The molecular formula is C37H38N4O4. The molecule has 8 nitrogen and oxygen atoms in total. The number of amides is 2. The van der Waals surface area contributed by atoms with Gasteiger partial charge < -0.3 is 15.0 Å². The Kier molecular flexibility index (Phi) is 9.24. The predicted molar refractivity (Wildman–Crippen MR) is 175 cm³/mol. The SMILES string of the molecule is CC1C=c2[nH]cc(CCN(CCNC(=O)C3c4ccccc4Oc4ccccc43)Cc3ccc(/C=C/C(=O)NO)cc3)c2=CC1. The van der Waals surface area contributed by atoms with Crippen LogP contribution in [0.2, 0.25) is 0 Å². The number of nitrogens with zero attached hydrogens (tertiary/aromatic N) is 1. The summed E-state index contributed by atoms with van der Waals surface area (Å²) in [4.78, 5) is 30.9. The number of rotatable bonds is 11. The number of aromatic amines is 1. The van der Waals surface area contributed by atoms with Crippen LogP contribution in [0.4, 0.5) is 0 Å². The van der Waals surface area contributed by atoms with Gasteiger partial charge >= 0.3 is 0 Å². The highest BCUT2D eigenvalue weighted by molar-refractivity contribution is 5.91. The molecule has 1 aliphatic carbocycles. The molecule has 1 aromatic heterocycles. The minimum atomic E-state index is -0.573. The molecule has 6 rings (SSSR count). The number of aromatic nitrogens is 1. The van der Waals surface area contributed by atoms with Crippen molar-refractivity contribution in [3.8, 4) is 11.5 Å². The Morgan fingerprint density at radius 1 is 1.00 bits per heavy atom. The maximum atomic E-state index is 13.7. The third-order valence-corrected chi connectivity index (χ3v) is 8.47. The lowest BCUT2D eigenvalue weighted by Gasteiger charge is -2.28. The zero-order chi connectivity index (χ0) is 31.2. The topological polar surface area (TPSA) is 107 Å². The van der Waals surface area contributed by atoms with Crippen molar-refractivity contribution in [1.29, 1.82) is 0 Å². The van der Waals surface area contributed by atoms with Gasteiger partial charge in [0.1, 0.15) is 11.5 Å². The number of carbonyl (C=O) groups is 2. The molecule has 2 amide bonds. The average molecular weight is 603 g/mol. The van der Waals surface area contributed by atoms with Crippen LogP contribution in [0.25, 0.3) is 18.2 Å². The van der Waals surface area contributed by atoms with Gasteiger partial charge in [-0.3, -0.25) is 19.7 Å². The minimum Gasteiger partial charge on any atom is -0.457 e. The van der Waals surface area contributed by atoms with E-state index in [4.69, 9.17) is 9.94 Å². The summed E-state index contributed by atoms with van der Waals surface area (Å²) in [7, 11) is 0. The van der Waals surface area contributed by atoms with E-state index in [-0.39, 0.29) is 5.91 Å². The Bertz CT molecular complexity index is 1780. The van der Waals surface area contributed by atoms with Gasteiger partial charge in [-0.15, -0.1) is 0 Å². The number of fused-ring (bicyclic) bond motifs is 3. The molecule has 0 fully saturated rings. The molecule has 0 spiro atoms. The molecule has 2 aliphatic rings. The molecule has 45 heavy (non-hydrogen) atoms. The lowest BCUT2D eigenvalue weighted by Crippen LogP contribution is -2.39. The van der Waals surface area contributed by atoms with Crippen molar-refractivity contribution in [2.75, 3.05) is 19.6 Å². The van der Waals surface area contributed by atoms with Gasteiger partial charge in [-0.1, -0.05) is 79.7 Å². The van der Waals surface area contributed by atoms with E-state index in [9.17, 15) is 9.59 Å². The monoisotopic (exact) mass is 602 g/mol. The van der Waals surface area contributed by atoms with Crippen molar-refractivity contribution in [2.24, 2.45) is 5.92 Å². The molecule has 1 atom stereocenters. The van der Waals surface area contributed by atoms with Gasteiger partial charge in [-0.2, -0.15) is 0 Å². The van der Waals surface area contributed by atoms with Crippen molar-refractivity contribution in [3.63, 3.8) is 0 Å².